The van der Waals surface area contributed by atoms with Gasteiger partial charge in [0, 0.05) is 13.1 Å². The molecule has 0 fully saturated rings. The standard InChI is InChI=1S/C12H19N3O/c1-4-6-9(2)14-12(16)10-7-5-8-11(13-3)15-10/h5,7-9H,4,6H2,1-3H3,(H,13,15)(H,14,16). The highest BCUT2D eigenvalue weighted by Crippen LogP contribution is 2.04. The Morgan fingerprint density at radius 1 is 1.50 bits per heavy atom. The summed E-state index contributed by atoms with van der Waals surface area (Å²) in [6.45, 7) is 4.10. The maximum absolute atomic E-state index is 11.8. The van der Waals surface area contributed by atoms with Crippen LogP contribution in [-0.2, 0) is 0 Å². The van der Waals surface area contributed by atoms with Crippen LogP contribution in [0.4, 0.5) is 5.82 Å². The minimum Gasteiger partial charge on any atom is -0.373 e. The zero-order valence-corrected chi connectivity index (χ0v) is 10.1. The van der Waals surface area contributed by atoms with E-state index in [1.807, 2.05) is 19.1 Å². The van der Waals surface area contributed by atoms with Gasteiger partial charge in [-0.2, -0.15) is 0 Å². The van der Waals surface area contributed by atoms with Gasteiger partial charge >= 0.3 is 0 Å². The molecule has 0 aliphatic rings. The third kappa shape index (κ3) is 3.53. The van der Waals surface area contributed by atoms with Crippen molar-refractivity contribution in [3.63, 3.8) is 0 Å². The first kappa shape index (κ1) is 12.5. The third-order valence-electron chi connectivity index (χ3n) is 2.34. The highest BCUT2D eigenvalue weighted by Gasteiger charge is 2.10. The first-order valence-corrected chi connectivity index (χ1v) is 5.63. The first-order chi connectivity index (χ1) is 7.67. The summed E-state index contributed by atoms with van der Waals surface area (Å²) in [5.74, 6) is 0.592. The van der Waals surface area contributed by atoms with Crippen LogP contribution in [0.25, 0.3) is 0 Å². The fourth-order valence-electron chi connectivity index (χ4n) is 1.50. The van der Waals surface area contributed by atoms with E-state index in [2.05, 4.69) is 22.5 Å². The fourth-order valence-corrected chi connectivity index (χ4v) is 1.50. The number of hydrogen-bond donors (Lipinski definition) is 2. The molecule has 0 saturated heterocycles. The van der Waals surface area contributed by atoms with Gasteiger partial charge in [0.05, 0.1) is 0 Å². The van der Waals surface area contributed by atoms with Gasteiger partial charge in [-0.05, 0) is 25.5 Å². The van der Waals surface area contributed by atoms with Crippen LogP contribution in [0.1, 0.15) is 37.2 Å². The number of rotatable bonds is 5. The Hall–Kier alpha value is -1.58. The molecule has 1 heterocycles. The topological polar surface area (TPSA) is 54.0 Å². The molecule has 16 heavy (non-hydrogen) atoms. The molecule has 2 N–H and O–H groups in total. The van der Waals surface area contributed by atoms with Crippen LogP contribution in [0.5, 0.6) is 0 Å². The van der Waals surface area contributed by atoms with E-state index in [0.29, 0.717) is 11.5 Å². The van der Waals surface area contributed by atoms with Crippen LogP contribution >= 0.6 is 0 Å². The van der Waals surface area contributed by atoms with Crippen LogP contribution in [-0.4, -0.2) is 24.0 Å². The third-order valence-corrected chi connectivity index (χ3v) is 2.34. The van der Waals surface area contributed by atoms with Crippen LogP contribution in [0.3, 0.4) is 0 Å². The Balaban J connectivity index is 2.65. The Labute approximate surface area is 96.5 Å². The van der Waals surface area contributed by atoms with Gasteiger partial charge in [-0.1, -0.05) is 19.4 Å². The van der Waals surface area contributed by atoms with Crippen LogP contribution in [0.15, 0.2) is 18.2 Å². The van der Waals surface area contributed by atoms with E-state index in [1.54, 1.807) is 13.1 Å². The molecule has 1 atom stereocenters. The molecule has 4 heteroatoms. The van der Waals surface area contributed by atoms with Gasteiger partial charge in [0.25, 0.3) is 5.91 Å². The van der Waals surface area contributed by atoms with Crippen LogP contribution in [0.2, 0.25) is 0 Å². The van der Waals surface area contributed by atoms with Gasteiger partial charge in [0.2, 0.25) is 0 Å². The van der Waals surface area contributed by atoms with Gasteiger partial charge in [0.1, 0.15) is 11.5 Å². The van der Waals surface area contributed by atoms with Crippen molar-refractivity contribution in [2.75, 3.05) is 12.4 Å². The lowest BCUT2D eigenvalue weighted by Gasteiger charge is -2.12. The number of nitrogens with one attached hydrogen (secondary N) is 2. The number of carbonyl (C=O) groups is 1. The second-order valence-electron chi connectivity index (χ2n) is 3.82. The Morgan fingerprint density at radius 2 is 2.25 bits per heavy atom. The van der Waals surface area contributed by atoms with Gasteiger partial charge in [0.15, 0.2) is 0 Å². The summed E-state index contributed by atoms with van der Waals surface area (Å²) in [5, 5.41) is 5.83. The molecule has 0 aliphatic carbocycles. The average molecular weight is 221 g/mol. The van der Waals surface area contributed by atoms with Crippen LogP contribution in [0, 0.1) is 0 Å². The molecule has 1 rings (SSSR count). The fraction of sp³-hybridized carbons (Fsp3) is 0.500. The Bertz CT molecular complexity index is 352. The molecule has 1 aromatic rings. The van der Waals surface area contributed by atoms with E-state index < -0.39 is 0 Å². The minimum atomic E-state index is -0.113. The molecule has 0 spiro atoms. The predicted molar refractivity (Wildman–Crippen MR) is 65.6 cm³/mol. The summed E-state index contributed by atoms with van der Waals surface area (Å²) in [6.07, 6.45) is 2.04. The number of amides is 1. The summed E-state index contributed by atoms with van der Waals surface area (Å²) in [7, 11) is 1.78. The lowest BCUT2D eigenvalue weighted by molar-refractivity contribution is 0.0933. The summed E-state index contributed by atoms with van der Waals surface area (Å²) in [6, 6.07) is 5.55. The summed E-state index contributed by atoms with van der Waals surface area (Å²) < 4.78 is 0. The molecule has 88 valence electrons. The van der Waals surface area contributed by atoms with E-state index in [-0.39, 0.29) is 11.9 Å². The summed E-state index contributed by atoms with van der Waals surface area (Å²) in [4.78, 5) is 16.0. The van der Waals surface area contributed by atoms with Crippen molar-refractivity contribution >= 4 is 11.7 Å². The van der Waals surface area contributed by atoms with E-state index >= 15 is 0 Å². The van der Waals surface area contributed by atoms with Gasteiger partial charge in [-0.3, -0.25) is 4.79 Å². The number of carbonyl (C=O) groups excluding carboxylic acids is 1. The molecular formula is C12H19N3O. The SMILES string of the molecule is CCCC(C)NC(=O)c1cccc(NC)n1. The van der Waals surface area contributed by atoms with Crippen LogP contribution < -0.4 is 10.6 Å². The number of hydrogen-bond acceptors (Lipinski definition) is 3. The Kier molecular flexibility index (Phi) is 4.76. The van der Waals surface area contributed by atoms with Gasteiger partial charge in [-0.25, -0.2) is 4.98 Å². The normalized spacial score (nSPS) is 11.9. The predicted octanol–water partition coefficient (Wildman–Crippen LogP) is 2.04. The van der Waals surface area contributed by atoms with Crippen molar-refractivity contribution in [2.24, 2.45) is 0 Å². The summed E-state index contributed by atoms with van der Waals surface area (Å²) >= 11 is 0. The molecule has 4 nitrogen and oxygen atoms in total. The monoisotopic (exact) mass is 221 g/mol. The number of anilines is 1. The maximum Gasteiger partial charge on any atom is 0.270 e. The van der Waals surface area contributed by atoms with Crippen molar-refractivity contribution in [2.45, 2.75) is 32.7 Å². The molecule has 0 aromatic carbocycles. The highest BCUT2D eigenvalue weighted by molar-refractivity contribution is 5.92. The molecule has 0 aliphatic heterocycles. The first-order valence-electron chi connectivity index (χ1n) is 5.63. The molecule has 1 amide bonds. The quantitative estimate of drug-likeness (QED) is 0.800. The number of nitrogens with zero attached hydrogens (tertiary/aromatic N) is 1. The molecule has 1 unspecified atom stereocenters. The molecule has 0 radical (unpaired) electrons. The number of pyridine rings is 1. The zero-order valence-electron chi connectivity index (χ0n) is 10.1. The number of aromatic nitrogens is 1. The van der Waals surface area contributed by atoms with Crippen molar-refractivity contribution in [1.82, 2.24) is 10.3 Å². The summed E-state index contributed by atoms with van der Waals surface area (Å²) in [5.41, 5.74) is 0.454. The van der Waals surface area contributed by atoms with E-state index in [9.17, 15) is 4.79 Å². The largest absolute Gasteiger partial charge is 0.373 e. The average Bonchev–Trinajstić information content (AvgIpc) is 2.29. The van der Waals surface area contributed by atoms with Crippen molar-refractivity contribution in [3.8, 4) is 0 Å². The highest BCUT2D eigenvalue weighted by atomic mass is 16.1. The van der Waals surface area contributed by atoms with Gasteiger partial charge < -0.3 is 10.6 Å². The van der Waals surface area contributed by atoms with Crippen molar-refractivity contribution < 1.29 is 4.79 Å². The van der Waals surface area contributed by atoms with E-state index in [4.69, 9.17) is 0 Å². The Morgan fingerprint density at radius 3 is 2.88 bits per heavy atom. The molecule has 1 aromatic heterocycles. The lowest BCUT2D eigenvalue weighted by atomic mass is 10.2. The maximum atomic E-state index is 11.8. The zero-order chi connectivity index (χ0) is 12.0. The minimum absolute atomic E-state index is 0.113. The van der Waals surface area contributed by atoms with E-state index in [1.165, 1.54) is 0 Å². The smallest absolute Gasteiger partial charge is 0.270 e. The van der Waals surface area contributed by atoms with Gasteiger partial charge in [-0.15, -0.1) is 0 Å². The van der Waals surface area contributed by atoms with Crippen molar-refractivity contribution in [1.29, 1.82) is 0 Å². The molecule has 0 saturated carbocycles. The molecule has 0 bridgehead atoms. The van der Waals surface area contributed by atoms with Crippen molar-refractivity contribution in [3.05, 3.63) is 23.9 Å². The second kappa shape index (κ2) is 6.10. The second-order valence-corrected chi connectivity index (χ2v) is 3.82. The lowest BCUT2D eigenvalue weighted by Crippen LogP contribution is -2.32. The van der Waals surface area contributed by atoms with E-state index in [0.717, 1.165) is 12.8 Å². The molecular weight excluding hydrogens is 202 g/mol.